The molecule has 0 aliphatic rings. The largest absolute Gasteiger partial charge is 0.486 e. The van der Waals surface area contributed by atoms with Gasteiger partial charge in [0, 0.05) is 22.7 Å². The molecule has 0 unspecified atom stereocenters. The first kappa shape index (κ1) is 11.7. The molecule has 3 rings (SSSR count). The van der Waals surface area contributed by atoms with Crippen molar-refractivity contribution < 1.29 is 13.5 Å². The van der Waals surface area contributed by atoms with E-state index in [4.69, 9.17) is 4.74 Å². The molecule has 4 heteroatoms. The Hall–Kier alpha value is -2.36. The summed E-state index contributed by atoms with van der Waals surface area (Å²) in [6, 6.07) is 11.0. The van der Waals surface area contributed by atoms with Crippen LogP contribution in [0.1, 0.15) is 5.56 Å². The molecule has 1 aromatic heterocycles. The molecule has 0 spiro atoms. The zero-order chi connectivity index (χ0) is 13.2. The lowest BCUT2D eigenvalue weighted by Crippen LogP contribution is -1.97. The van der Waals surface area contributed by atoms with Crippen LogP contribution in [-0.2, 0) is 6.61 Å². The fourth-order valence-corrected chi connectivity index (χ4v) is 2.04. The summed E-state index contributed by atoms with van der Waals surface area (Å²) in [6.07, 6.45) is 1.68. The van der Waals surface area contributed by atoms with Gasteiger partial charge < -0.3 is 9.72 Å². The summed E-state index contributed by atoms with van der Waals surface area (Å²) in [6.45, 7) is 0.113. The van der Waals surface area contributed by atoms with Crippen LogP contribution in [-0.4, -0.2) is 4.98 Å². The molecule has 0 radical (unpaired) electrons. The molecule has 1 N–H and O–H groups in total. The van der Waals surface area contributed by atoms with Gasteiger partial charge in [-0.1, -0.05) is 18.2 Å². The second kappa shape index (κ2) is 4.72. The Morgan fingerprint density at radius 3 is 2.58 bits per heavy atom. The molecule has 0 bridgehead atoms. The Morgan fingerprint density at radius 1 is 0.947 bits per heavy atom. The molecule has 0 atom stereocenters. The topological polar surface area (TPSA) is 25.0 Å². The van der Waals surface area contributed by atoms with Crippen molar-refractivity contribution in [1.29, 1.82) is 0 Å². The Morgan fingerprint density at radius 2 is 1.74 bits per heavy atom. The van der Waals surface area contributed by atoms with Crippen LogP contribution in [0.4, 0.5) is 8.78 Å². The summed E-state index contributed by atoms with van der Waals surface area (Å²) in [5.74, 6) is -0.582. The summed E-state index contributed by atoms with van der Waals surface area (Å²) < 4.78 is 32.5. The van der Waals surface area contributed by atoms with Crippen molar-refractivity contribution in [3.8, 4) is 5.75 Å². The molecule has 2 aromatic carbocycles. The van der Waals surface area contributed by atoms with Gasteiger partial charge in [0.05, 0.1) is 0 Å². The molecule has 0 aliphatic carbocycles. The molecular formula is C15H11F2NO. The molecule has 0 fully saturated rings. The van der Waals surface area contributed by atoms with Gasteiger partial charge in [-0.15, -0.1) is 0 Å². The number of H-pyrrole nitrogens is 1. The smallest absolute Gasteiger partial charge is 0.165 e. The standard InChI is InChI=1S/C15H11F2NO/c16-11-4-1-2-7-14(11)19-9-10-8-18-13-6-3-5-12(17)15(10)13/h1-8,18H,9H2. The average Bonchev–Trinajstić information content (AvgIpc) is 2.83. The van der Waals surface area contributed by atoms with Crippen molar-refractivity contribution in [1.82, 2.24) is 4.98 Å². The van der Waals surface area contributed by atoms with Crippen LogP contribution in [0.3, 0.4) is 0 Å². The van der Waals surface area contributed by atoms with E-state index in [1.54, 1.807) is 36.5 Å². The van der Waals surface area contributed by atoms with Crippen LogP contribution in [0.15, 0.2) is 48.7 Å². The van der Waals surface area contributed by atoms with Gasteiger partial charge in [-0.2, -0.15) is 0 Å². The first-order valence-corrected chi connectivity index (χ1v) is 5.87. The summed E-state index contributed by atoms with van der Waals surface area (Å²) >= 11 is 0. The third-order valence-electron chi connectivity index (χ3n) is 2.96. The zero-order valence-corrected chi connectivity index (χ0v) is 9.99. The molecule has 0 saturated carbocycles. The number of hydrogen-bond acceptors (Lipinski definition) is 1. The highest BCUT2D eigenvalue weighted by atomic mass is 19.1. The van der Waals surface area contributed by atoms with E-state index in [9.17, 15) is 8.78 Å². The molecule has 3 aromatic rings. The lowest BCUT2D eigenvalue weighted by molar-refractivity contribution is 0.291. The van der Waals surface area contributed by atoms with Crippen molar-refractivity contribution in [2.75, 3.05) is 0 Å². The SMILES string of the molecule is Fc1ccccc1OCc1c[nH]c2cccc(F)c12. The van der Waals surface area contributed by atoms with Crippen molar-refractivity contribution >= 4 is 10.9 Å². The van der Waals surface area contributed by atoms with Gasteiger partial charge >= 0.3 is 0 Å². The van der Waals surface area contributed by atoms with Gasteiger partial charge in [-0.25, -0.2) is 8.78 Å². The van der Waals surface area contributed by atoms with Crippen LogP contribution in [0, 0.1) is 11.6 Å². The van der Waals surface area contributed by atoms with Crippen molar-refractivity contribution in [2.45, 2.75) is 6.61 Å². The summed E-state index contributed by atoms with van der Waals surface area (Å²) in [7, 11) is 0. The monoisotopic (exact) mass is 259 g/mol. The van der Waals surface area contributed by atoms with Crippen LogP contribution in [0.5, 0.6) is 5.75 Å². The van der Waals surface area contributed by atoms with E-state index in [1.807, 2.05) is 0 Å². The van der Waals surface area contributed by atoms with E-state index in [2.05, 4.69) is 4.98 Å². The maximum Gasteiger partial charge on any atom is 0.165 e. The second-order valence-electron chi connectivity index (χ2n) is 4.20. The second-order valence-corrected chi connectivity index (χ2v) is 4.20. The number of aromatic nitrogens is 1. The number of fused-ring (bicyclic) bond motifs is 1. The van der Waals surface area contributed by atoms with Crippen LogP contribution in [0.2, 0.25) is 0 Å². The molecular weight excluding hydrogens is 248 g/mol. The van der Waals surface area contributed by atoms with Crippen LogP contribution < -0.4 is 4.74 Å². The van der Waals surface area contributed by atoms with Gasteiger partial charge in [-0.3, -0.25) is 0 Å². The molecule has 19 heavy (non-hydrogen) atoms. The highest BCUT2D eigenvalue weighted by Gasteiger charge is 2.10. The minimum absolute atomic E-state index is 0.113. The predicted octanol–water partition coefficient (Wildman–Crippen LogP) is 4.03. The Kier molecular flexibility index (Phi) is 2.91. The predicted molar refractivity (Wildman–Crippen MR) is 69.0 cm³/mol. The molecule has 1 heterocycles. The molecule has 2 nitrogen and oxygen atoms in total. The first-order chi connectivity index (χ1) is 9.25. The van der Waals surface area contributed by atoms with Gasteiger partial charge in [0.15, 0.2) is 11.6 Å². The van der Waals surface area contributed by atoms with Crippen molar-refractivity contribution in [2.24, 2.45) is 0 Å². The fraction of sp³-hybridized carbons (Fsp3) is 0.0667. The number of aromatic amines is 1. The molecule has 0 saturated heterocycles. The van der Waals surface area contributed by atoms with E-state index in [1.165, 1.54) is 12.1 Å². The Balaban J connectivity index is 1.89. The first-order valence-electron chi connectivity index (χ1n) is 5.87. The van der Waals surface area contributed by atoms with Crippen molar-refractivity contribution in [3.05, 3.63) is 65.9 Å². The van der Waals surface area contributed by atoms with E-state index in [-0.39, 0.29) is 18.2 Å². The maximum atomic E-state index is 13.7. The average molecular weight is 259 g/mol. The van der Waals surface area contributed by atoms with E-state index < -0.39 is 5.82 Å². The van der Waals surface area contributed by atoms with Gasteiger partial charge in [-0.05, 0) is 24.3 Å². The number of ether oxygens (including phenoxy) is 1. The molecule has 96 valence electrons. The quantitative estimate of drug-likeness (QED) is 0.754. The third kappa shape index (κ3) is 2.17. The summed E-state index contributed by atoms with van der Waals surface area (Å²) in [5.41, 5.74) is 1.36. The number of halogens is 2. The number of para-hydroxylation sites is 1. The Labute approximate surface area is 108 Å². The normalized spacial score (nSPS) is 10.8. The fourth-order valence-electron chi connectivity index (χ4n) is 2.04. The number of hydrogen-bond donors (Lipinski definition) is 1. The third-order valence-corrected chi connectivity index (χ3v) is 2.96. The summed E-state index contributed by atoms with van der Waals surface area (Å²) in [5, 5.41) is 0.485. The van der Waals surface area contributed by atoms with E-state index in [0.29, 0.717) is 16.5 Å². The minimum Gasteiger partial charge on any atom is -0.486 e. The van der Waals surface area contributed by atoms with E-state index in [0.717, 1.165) is 0 Å². The van der Waals surface area contributed by atoms with Crippen LogP contribution >= 0.6 is 0 Å². The lowest BCUT2D eigenvalue weighted by Gasteiger charge is -2.06. The van der Waals surface area contributed by atoms with Gasteiger partial charge in [0.2, 0.25) is 0 Å². The molecule has 0 amide bonds. The van der Waals surface area contributed by atoms with Gasteiger partial charge in [0.25, 0.3) is 0 Å². The van der Waals surface area contributed by atoms with Gasteiger partial charge in [0.1, 0.15) is 12.4 Å². The number of rotatable bonds is 3. The Bertz CT molecular complexity index is 721. The highest BCUT2D eigenvalue weighted by molar-refractivity contribution is 5.83. The van der Waals surface area contributed by atoms with E-state index >= 15 is 0 Å². The molecule has 0 aliphatic heterocycles. The minimum atomic E-state index is -0.428. The zero-order valence-electron chi connectivity index (χ0n) is 9.99. The number of nitrogens with one attached hydrogen (secondary N) is 1. The van der Waals surface area contributed by atoms with Crippen molar-refractivity contribution in [3.63, 3.8) is 0 Å². The van der Waals surface area contributed by atoms with Crippen LogP contribution in [0.25, 0.3) is 10.9 Å². The summed E-state index contributed by atoms with van der Waals surface area (Å²) in [4.78, 5) is 2.97. The maximum absolute atomic E-state index is 13.7. The lowest BCUT2D eigenvalue weighted by atomic mass is 10.2. The highest BCUT2D eigenvalue weighted by Crippen LogP contribution is 2.24. The number of benzene rings is 2.